The Morgan fingerprint density at radius 2 is 1.92 bits per heavy atom. The molecule has 0 atom stereocenters. The lowest BCUT2D eigenvalue weighted by atomic mass is 10.1. The smallest absolute Gasteiger partial charge is 0.150 e. The first-order chi connectivity index (χ1) is 4.75. The van der Waals surface area contributed by atoms with Gasteiger partial charge in [-0.05, 0) is 18.6 Å². The quantitative estimate of drug-likeness (QED) is 0.652. The van der Waals surface area contributed by atoms with Crippen LogP contribution in [0.2, 0.25) is 0 Å². The minimum Gasteiger partial charge on any atom is -0.298 e. The molecule has 0 aliphatic heterocycles. The average Bonchev–Trinajstić information content (AvgIpc) is 1.95. The molecule has 0 unspecified atom stereocenters. The molecule has 0 saturated carbocycles. The molecule has 0 radical (unpaired) electrons. The fourth-order valence-corrected chi connectivity index (χ4v) is 0.752. The summed E-state index contributed by atoms with van der Waals surface area (Å²) in [6, 6.07) is 4.44. The minimum absolute atomic E-state index is 0. The van der Waals surface area contributed by atoms with E-state index in [2.05, 4.69) is 0 Å². The Morgan fingerprint density at radius 1 is 1.33 bits per heavy atom. The molecule has 4 heteroatoms. The largest absolute Gasteiger partial charge is 0.298 e. The maximum atomic E-state index is 12.6. The molecular formula is C8H9Cl2FO. The Labute approximate surface area is 82.8 Å². The lowest BCUT2D eigenvalue weighted by molar-refractivity contribution is 0.112. The molecule has 0 saturated heterocycles. The van der Waals surface area contributed by atoms with E-state index in [4.69, 9.17) is 0 Å². The van der Waals surface area contributed by atoms with E-state index in [1.165, 1.54) is 12.1 Å². The summed E-state index contributed by atoms with van der Waals surface area (Å²) < 4.78 is 12.6. The molecule has 0 aliphatic carbocycles. The number of aldehydes is 1. The van der Waals surface area contributed by atoms with E-state index >= 15 is 0 Å². The Hall–Kier alpha value is -0.600. The van der Waals surface area contributed by atoms with Gasteiger partial charge in [-0.1, -0.05) is 12.1 Å². The number of benzene rings is 1. The number of rotatable bonds is 1. The molecule has 0 aromatic heterocycles. The predicted octanol–water partition coefficient (Wildman–Crippen LogP) is 2.79. The van der Waals surface area contributed by atoms with Gasteiger partial charge in [0, 0.05) is 5.56 Å². The molecule has 1 aromatic rings. The summed E-state index contributed by atoms with van der Waals surface area (Å²) in [6.07, 6.45) is 0.651. The number of hydrogen-bond acceptors (Lipinski definition) is 1. The molecule has 0 fully saturated rings. The van der Waals surface area contributed by atoms with Gasteiger partial charge in [-0.15, -0.1) is 24.8 Å². The Kier molecular flexibility index (Phi) is 6.95. The van der Waals surface area contributed by atoms with Gasteiger partial charge >= 0.3 is 0 Å². The molecule has 0 aliphatic rings. The lowest BCUT2D eigenvalue weighted by Gasteiger charge is -1.96. The van der Waals surface area contributed by atoms with Gasteiger partial charge in [0.2, 0.25) is 0 Å². The summed E-state index contributed by atoms with van der Waals surface area (Å²) >= 11 is 0. The highest BCUT2D eigenvalue weighted by atomic mass is 35.5. The van der Waals surface area contributed by atoms with E-state index < -0.39 is 0 Å². The Bertz CT molecular complexity index is 263. The van der Waals surface area contributed by atoms with E-state index in [1.54, 1.807) is 13.0 Å². The molecular weight excluding hydrogens is 202 g/mol. The summed E-state index contributed by atoms with van der Waals surface area (Å²) in [6.45, 7) is 1.58. The third-order valence-electron chi connectivity index (χ3n) is 1.44. The van der Waals surface area contributed by atoms with Crippen LogP contribution in [0.5, 0.6) is 0 Å². The second-order valence-corrected chi connectivity index (χ2v) is 2.07. The molecule has 1 aromatic carbocycles. The van der Waals surface area contributed by atoms with Crippen molar-refractivity contribution in [3.8, 4) is 0 Å². The van der Waals surface area contributed by atoms with E-state index in [1.807, 2.05) is 0 Å². The second-order valence-electron chi connectivity index (χ2n) is 2.07. The third-order valence-corrected chi connectivity index (χ3v) is 1.44. The average molecular weight is 211 g/mol. The highest BCUT2D eigenvalue weighted by molar-refractivity contribution is 5.85. The van der Waals surface area contributed by atoms with E-state index in [0.29, 0.717) is 17.4 Å². The number of carbonyl (C=O) groups is 1. The van der Waals surface area contributed by atoms with Crippen molar-refractivity contribution in [2.24, 2.45) is 0 Å². The SMILES string of the molecule is Cc1c(F)cccc1C=O.Cl.Cl. The minimum atomic E-state index is -0.329. The maximum Gasteiger partial charge on any atom is 0.150 e. The number of carbonyl (C=O) groups excluding carboxylic acids is 1. The molecule has 1 nitrogen and oxygen atoms in total. The normalized spacial score (nSPS) is 7.83. The topological polar surface area (TPSA) is 17.1 Å². The molecule has 0 spiro atoms. The Balaban J connectivity index is 0. The highest BCUT2D eigenvalue weighted by Crippen LogP contribution is 2.08. The van der Waals surface area contributed by atoms with Crippen LogP contribution in [0.4, 0.5) is 4.39 Å². The fraction of sp³-hybridized carbons (Fsp3) is 0.125. The van der Waals surface area contributed by atoms with Crippen molar-refractivity contribution in [2.45, 2.75) is 6.92 Å². The zero-order chi connectivity index (χ0) is 7.56. The van der Waals surface area contributed by atoms with Gasteiger partial charge in [0.25, 0.3) is 0 Å². The van der Waals surface area contributed by atoms with Crippen LogP contribution in [-0.4, -0.2) is 6.29 Å². The van der Waals surface area contributed by atoms with Crippen LogP contribution in [0.1, 0.15) is 15.9 Å². The van der Waals surface area contributed by atoms with Crippen LogP contribution in [0.3, 0.4) is 0 Å². The molecule has 1 rings (SSSR count). The van der Waals surface area contributed by atoms with Gasteiger partial charge in [-0.3, -0.25) is 4.79 Å². The zero-order valence-corrected chi connectivity index (χ0v) is 8.05. The van der Waals surface area contributed by atoms with Crippen LogP contribution >= 0.6 is 24.8 Å². The summed E-state index contributed by atoms with van der Waals surface area (Å²) in [5.74, 6) is -0.329. The van der Waals surface area contributed by atoms with E-state index in [-0.39, 0.29) is 30.6 Å². The number of halogens is 3. The van der Waals surface area contributed by atoms with Crippen LogP contribution in [0.15, 0.2) is 18.2 Å². The summed E-state index contributed by atoms with van der Waals surface area (Å²) in [5, 5.41) is 0. The van der Waals surface area contributed by atoms with E-state index in [9.17, 15) is 9.18 Å². The van der Waals surface area contributed by atoms with Crippen LogP contribution in [0, 0.1) is 12.7 Å². The van der Waals surface area contributed by atoms with Crippen LogP contribution < -0.4 is 0 Å². The maximum absolute atomic E-state index is 12.6. The van der Waals surface area contributed by atoms with Crippen LogP contribution in [0.25, 0.3) is 0 Å². The van der Waals surface area contributed by atoms with Gasteiger partial charge in [0.1, 0.15) is 12.1 Å². The van der Waals surface area contributed by atoms with Gasteiger partial charge < -0.3 is 0 Å². The van der Waals surface area contributed by atoms with Crippen molar-refractivity contribution in [1.29, 1.82) is 0 Å². The summed E-state index contributed by atoms with van der Waals surface area (Å²) in [7, 11) is 0. The third kappa shape index (κ3) is 2.80. The first-order valence-corrected chi connectivity index (χ1v) is 2.96. The van der Waals surface area contributed by atoms with Crippen molar-refractivity contribution < 1.29 is 9.18 Å². The van der Waals surface area contributed by atoms with Crippen molar-refractivity contribution >= 4 is 31.1 Å². The molecule has 12 heavy (non-hydrogen) atoms. The van der Waals surface area contributed by atoms with Gasteiger partial charge in [-0.2, -0.15) is 0 Å². The molecule has 0 heterocycles. The summed E-state index contributed by atoms with van der Waals surface area (Å²) in [5.41, 5.74) is 0.831. The van der Waals surface area contributed by atoms with Crippen molar-refractivity contribution in [1.82, 2.24) is 0 Å². The van der Waals surface area contributed by atoms with Gasteiger partial charge in [0.15, 0.2) is 0 Å². The predicted molar refractivity (Wildman–Crippen MR) is 51.0 cm³/mol. The van der Waals surface area contributed by atoms with Crippen molar-refractivity contribution in [3.63, 3.8) is 0 Å². The summed E-state index contributed by atoms with van der Waals surface area (Å²) in [4.78, 5) is 10.2. The standard InChI is InChI=1S/C8H7FO.2ClH/c1-6-7(5-10)3-2-4-8(6)9;;/h2-5H,1H3;2*1H. The number of hydrogen-bond donors (Lipinski definition) is 0. The van der Waals surface area contributed by atoms with Gasteiger partial charge in [-0.25, -0.2) is 4.39 Å². The van der Waals surface area contributed by atoms with Crippen LogP contribution in [-0.2, 0) is 0 Å². The monoisotopic (exact) mass is 210 g/mol. The molecule has 0 N–H and O–H groups in total. The Morgan fingerprint density at radius 3 is 2.33 bits per heavy atom. The highest BCUT2D eigenvalue weighted by Gasteiger charge is 1.99. The molecule has 68 valence electrons. The molecule has 0 bridgehead atoms. The van der Waals surface area contributed by atoms with E-state index in [0.717, 1.165) is 0 Å². The molecule has 0 amide bonds. The van der Waals surface area contributed by atoms with Gasteiger partial charge in [0.05, 0.1) is 0 Å². The zero-order valence-electron chi connectivity index (χ0n) is 6.41. The first kappa shape index (κ1) is 14.0. The second kappa shape index (κ2) is 5.98. The first-order valence-electron chi connectivity index (χ1n) is 2.96. The van der Waals surface area contributed by atoms with Crippen molar-refractivity contribution in [2.75, 3.05) is 0 Å². The fourth-order valence-electron chi connectivity index (χ4n) is 0.752. The lowest BCUT2D eigenvalue weighted by Crippen LogP contribution is -1.88. The van der Waals surface area contributed by atoms with Crippen molar-refractivity contribution in [3.05, 3.63) is 35.1 Å².